The van der Waals surface area contributed by atoms with E-state index in [9.17, 15) is 8.42 Å². The van der Waals surface area contributed by atoms with Gasteiger partial charge < -0.3 is 9.64 Å². The number of nitrogens with one attached hydrogen (secondary N) is 1. The summed E-state index contributed by atoms with van der Waals surface area (Å²) in [6.07, 6.45) is 2.31. The van der Waals surface area contributed by atoms with Gasteiger partial charge in [-0.3, -0.25) is 0 Å². The average molecular weight is 376 g/mol. The molecule has 0 bridgehead atoms. The monoisotopic (exact) mass is 376 g/mol. The molecule has 1 saturated heterocycles. The van der Waals surface area contributed by atoms with Crippen LogP contribution in [0.5, 0.6) is 5.75 Å². The molecule has 1 aliphatic heterocycles. The molecule has 3 rings (SSSR count). The summed E-state index contributed by atoms with van der Waals surface area (Å²) < 4.78 is 32.9. The molecule has 0 saturated carbocycles. The molecular formula is C18H24N4O3S. The summed E-state index contributed by atoms with van der Waals surface area (Å²) in [5, 5.41) is 0. The molecule has 0 spiro atoms. The minimum Gasteiger partial charge on any atom is -0.494 e. The number of hydrogen-bond donors (Lipinski definition) is 1. The largest absolute Gasteiger partial charge is 0.494 e. The van der Waals surface area contributed by atoms with Gasteiger partial charge in [-0.2, -0.15) is 0 Å². The van der Waals surface area contributed by atoms with Gasteiger partial charge in [-0.25, -0.2) is 23.1 Å². The minimum absolute atomic E-state index is 0.0536. The Morgan fingerprint density at radius 3 is 2.50 bits per heavy atom. The van der Waals surface area contributed by atoms with Crippen LogP contribution < -0.4 is 14.4 Å². The summed E-state index contributed by atoms with van der Waals surface area (Å²) in [6, 6.07) is 8.29. The van der Waals surface area contributed by atoms with Gasteiger partial charge in [0, 0.05) is 24.8 Å². The molecule has 0 atom stereocenters. The van der Waals surface area contributed by atoms with Gasteiger partial charge in [0.2, 0.25) is 10.0 Å². The molecular weight excluding hydrogens is 352 g/mol. The second-order valence-corrected chi connectivity index (χ2v) is 7.97. The Morgan fingerprint density at radius 1 is 1.15 bits per heavy atom. The summed E-state index contributed by atoms with van der Waals surface area (Å²) in [6.45, 7) is 6.32. The van der Waals surface area contributed by atoms with Gasteiger partial charge in [-0.05, 0) is 51.0 Å². The van der Waals surface area contributed by atoms with E-state index in [1.807, 2.05) is 19.9 Å². The topological polar surface area (TPSA) is 84.4 Å². The smallest absolute Gasteiger partial charge is 0.240 e. The number of anilines is 1. The van der Waals surface area contributed by atoms with Crippen LogP contribution in [0.1, 0.15) is 31.3 Å². The van der Waals surface area contributed by atoms with Crippen LogP contribution in [0, 0.1) is 6.92 Å². The van der Waals surface area contributed by atoms with E-state index in [0.29, 0.717) is 18.2 Å². The first kappa shape index (κ1) is 18.6. The molecule has 0 aliphatic carbocycles. The van der Waals surface area contributed by atoms with Crippen molar-refractivity contribution in [2.45, 2.75) is 38.1 Å². The molecule has 26 heavy (non-hydrogen) atoms. The lowest BCUT2D eigenvalue weighted by atomic mass is 10.3. The third-order valence-electron chi connectivity index (χ3n) is 4.18. The Bertz CT molecular complexity index is 847. The predicted octanol–water partition coefficient (Wildman–Crippen LogP) is 2.26. The third kappa shape index (κ3) is 4.50. The highest BCUT2D eigenvalue weighted by Crippen LogP contribution is 2.19. The van der Waals surface area contributed by atoms with Gasteiger partial charge in [0.15, 0.2) is 0 Å². The zero-order valence-electron chi connectivity index (χ0n) is 15.1. The van der Waals surface area contributed by atoms with Crippen molar-refractivity contribution in [3.8, 4) is 5.75 Å². The molecule has 1 N–H and O–H groups in total. The molecule has 0 amide bonds. The van der Waals surface area contributed by atoms with Crippen molar-refractivity contribution in [2.75, 3.05) is 24.6 Å². The second-order valence-electron chi connectivity index (χ2n) is 6.21. The summed E-state index contributed by atoms with van der Waals surface area (Å²) in [5.74, 6) is 1.98. The van der Waals surface area contributed by atoms with E-state index in [1.165, 1.54) is 12.1 Å². The molecule has 1 fully saturated rings. The molecule has 1 aromatic carbocycles. The van der Waals surface area contributed by atoms with Crippen molar-refractivity contribution in [2.24, 2.45) is 0 Å². The first-order valence-electron chi connectivity index (χ1n) is 8.80. The average Bonchev–Trinajstić information content (AvgIpc) is 3.15. The lowest BCUT2D eigenvalue weighted by Gasteiger charge is -2.17. The third-order valence-corrected chi connectivity index (χ3v) is 5.60. The Kier molecular flexibility index (Phi) is 5.73. The van der Waals surface area contributed by atoms with E-state index in [4.69, 9.17) is 4.74 Å². The molecule has 7 nitrogen and oxygen atoms in total. The van der Waals surface area contributed by atoms with Gasteiger partial charge in [0.25, 0.3) is 0 Å². The second kappa shape index (κ2) is 8.01. The zero-order valence-corrected chi connectivity index (χ0v) is 15.9. The SMILES string of the molecule is CCOc1ccc(S(=O)(=O)NCc2nc(C)cc(N3CCCC3)n2)cc1. The Balaban J connectivity index is 1.71. The molecule has 8 heteroatoms. The van der Waals surface area contributed by atoms with Crippen LogP contribution in [-0.4, -0.2) is 38.1 Å². The molecule has 1 aliphatic rings. The van der Waals surface area contributed by atoms with Crippen molar-refractivity contribution in [1.29, 1.82) is 0 Å². The standard InChI is InChI=1S/C18H24N4O3S/c1-3-25-15-6-8-16(9-7-15)26(23,24)19-13-17-20-14(2)12-18(21-17)22-10-4-5-11-22/h6-9,12,19H,3-5,10-11,13H2,1-2H3. The quantitative estimate of drug-likeness (QED) is 0.798. The van der Waals surface area contributed by atoms with Crippen LogP contribution in [0.15, 0.2) is 35.2 Å². The number of rotatable bonds is 7. The lowest BCUT2D eigenvalue weighted by molar-refractivity contribution is 0.340. The van der Waals surface area contributed by atoms with E-state index in [-0.39, 0.29) is 11.4 Å². The number of nitrogens with zero attached hydrogens (tertiary/aromatic N) is 3. The van der Waals surface area contributed by atoms with E-state index < -0.39 is 10.0 Å². The first-order valence-corrected chi connectivity index (χ1v) is 10.3. The maximum Gasteiger partial charge on any atom is 0.240 e. The number of ether oxygens (including phenoxy) is 1. The molecule has 0 radical (unpaired) electrons. The fraction of sp³-hybridized carbons (Fsp3) is 0.444. The number of hydrogen-bond acceptors (Lipinski definition) is 6. The van der Waals surface area contributed by atoms with Crippen LogP contribution in [0.3, 0.4) is 0 Å². The van der Waals surface area contributed by atoms with E-state index >= 15 is 0 Å². The fourth-order valence-corrected chi connectivity index (χ4v) is 3.90. The molecule has 1 aromatic heterocycles. The van der Waals surface area contributed by atoms with Crippen molar-refractivity contribution in [1.82, 2.24) is 14.7 Å². The van der Waals surface area contributed by atoms with Crippen LogP contribution in [0.4, 0.5) is 5.82 Å². The van der Waals surface area contributed by atoms with Crippen LogP contribution in [0.2, 0.25) is 0 Å². The van der Waals surface area contributed by atoms with E-state index in [0.717, 1.165) is 37.4 Å². The highest BCUT2D eigenvalue weighted by Gasteiger charge is 2.17. The van der Waals surface area contributed by atoms with Crippen molar-refractivity contribution >= 4 is 15.8 Å². The summed E-state index contributed by atoms with van der Waals surface area (Å²) in [7, 11) is -3.63. The Hall–Kier alpha value is -2.19. The van der Waals surface area contributed by atoms with Gasteiger partial charge in [-0.1, -0.05) is 0 Å². The number of aromatic nitrogens is 2. The van der Waals surface area contributed by atoms with Crippen LogP contribution >= 0.6 is 0 Å². The predicted molar refractivity (Wildman–Crippen MR) is 99.9 cm³/mol. The lowest BCUT2D eigenvalue weighted by Crippen LogP contribution is -2.26. The fourth-order valence-electron chi connectivity index (χ4n) is 2.92. The molecule has 140 valence electrons. The highest BCUT2D eigenvalue weighted by atomic mass is 32.2. The molecule has 2 aromatic rings. The summed E-state index contributed by atoms with van der Waals surface area (Å²) >= 11 is 0. The number of aryl methyl sites for hydroxylation is 1. The highest BCUT2D eigenvalue weighted by molar-refractivity contribution is 7.89. The van der Waals surface area contributed by atoms with Crippen LogP contribution in [0.25, 0.3) is 0 Å². The van der Waals surface area contributed by atoms with Gasteiger partial charge in [0.05, 0.1) is 18.0 Å². The zero-order chi connectivity index (χ0) is 18.6. The van der Waals surface area contributed by atoms with Crippen molar-refractivity contribution < 1.29 is 13.2 Å². The van der Waals surface area contributed by atoms with Gasteiger partial charge >= 0.3 is 0 Å². The number of sulfonamides is 1. The van der Waals surface area contributed by atoms with Crippen molar-refractivity contribution in [3.63, 3.8) is 0 Å². The summed E-state index contributed by atoms with van der Waals surface area (Å²) in [5.41, 5.74) is 0.831. The van der Waals surface area contributed by atoms with Gasteiger partial charge in [0.1, 0.15) is 17.4 Å². The summed E-state index contributed by atoms with van der Waals surface area (Å²) in [4.78, 5) is 11.3. The van der Waals surface area contributed by atoms with E-state index in [1.54, 1.807) is 12.1 Å². The maximum atomic E-state index is 12.5. The Labute approximate surface area is 154 Å². The Morgan fingerprint density at radius 2 is 1.85 bits per heavy atom. The first-order chi connectivity index (χ1) is 12.5. The minimum atomic E-state index is -3.63. The number of benzene rings is 1. The van der Waals surface area contributed by atoms with Crippen molar-refractivity contribution in [3.05, 3.63) is 41.9 Å². The van der Waals surface area contributed by atoms with E-state index in [2.05, 4.69) is 19.6 Å². The maximum absolute atomic E-state index is 12.5. The molecule has 0 unspecified atom stereocenters. The normalized spacial score (nSPS) is 14.6. The van der Waals surface area contributed by atoms with Gasteiger partial charge in [-0.15, -0.1) is 0 Å². The van der Waals surface area contributed by atoms with Crippen LogP contribution in [-0.2, 0) is 16.6 Å². The molecule has 2 heterocycles.